The number of amides is 1. The van der Waals surface area contributed by atoms with Gasteiger partial charge in [-0.25, -0.2) is 0 Å². The maximum absolute atomic E-state index is 11.8. The second-order valence-corrected chi connectivity index (χ2v) is 11.8. The lowest BCUT2D eigenvalue weighted by molar-refractivity contribution is -0.307. The normalized spacial score (nSPS) is 50.8. The van der Waals surface area contributed by atoms with Gasteiger partial charge in [0.25, 0.3) is 0 Å². The van der Waals surface area contributed by atoms with Crippen LogP contribution in [-0.4, -0.2) is 183 Å². The smallest absolute Gasteiger partial charge is 0.217 e. The quantitative estimate of drug-likeness (QED) is 0.104. The highest BCUT2D eigenvalue weighted by Gasteiger charge is 2.54. The number of nitrogens with two attached hydrogens (primary N) is 4. The Kier molecular flexibility index (Phi) is 12.5. The number of carbonyl (C=O) groups excluding carboxylic acids is 1. The van der Waals surface area contributed by atoms with Crippen LogP contribution in [0.15, 0.2) is 0 Å². The number of aliphatic hydroxyl groups excluding tert-OH is 8. The molecule has 0 aromatic heterocycles. The van der Waals surface area contributed by atoms with Crippen molar-refractivity contribution in [3.63, 3.8) is 0 Å². The zero-order valence-corrected chi connectivity index (χ0v) is 24.5. The molecule has 3 aliphatic heterocycles. The minimum atomic E-state index is -1.70. The first-order valence-electron chi connectivity index (χ1n) is 14.7. The van der Waals surface area contributed by atoms with Crippen molar-refractivity contribution >= 4 is 5.91 Å². The van der Waals surface area contributed by atoms with E-state index in [9.17, 15) is 45.6 Å². The van der Waals surface area contributed by atoms with Crippen molar-refractivity contribution in [1.82, 2.24) is 5.32 Å². The average Bonchev–Trinajstić information content (AvgIpc) is 3.30. The molecule has 4 fully saturated rings. The van der Waals surface area contributed by atoms with E-state index in [0.29, 0.717) is 0 Å². The molecule has 19 atom stereocenters. The van der Waals surface area contributed by atoms with Gasteiger partial charge in [-0.05, 0) is 6.42 Å². The topological polar surface area (TPSA) is 350 Å². The van der Waals surface area contributed by atoms with Crippen LogP contribution in [0.2, 0.25) is 0 Å². The van der Waals surface area contributed by atoms with Crippen molar-refractivity contribution < 1.29 is 74.1 Å². The predicted octanol–water partition coefficient (Wildman–Crippen LogP) is -8.68. The van der Waals surface area contributed by atoms with E-state index in [-0.39, 0.29) is 13.0 Å². The van der Waals surface area contributed by atoms with Crippen LogP contribution in [0, 0.1) is 0 Å². The molecule has 17 N–H and O–H groups in total. The highest BCUT2D eigenvalue weighted by Crippen LogP contribution is 2.34. The fourth-order valence-corrected chi connectivity index (χ4v) is 6.06. The number of rotatable bonds is 10. The molecule has 20 nitrogen and oxygen atoms in total. The first-order chi connectivity index (χ1) is 21.2. The van der Waals surface area contributed by atoms with Crippen molar-refractivity contribution in [2.75, 3.05) is 19.8 Å². The summed E-state index contributed by atoms with van der Waals surface area (Å²) in [6, 6.07) is -4.41. The molecule has 0 unspecified atom stereocenters. The number of aliphatic hydroxyl groups is 8. The van der Waals surface area contributed by atoms with E-state index in [4.69, 9.17) is 51.4 Å². The number of hydrogen-bond donors (Lipinski definition) is 13. The third kappa shape index (κ3) is 7.58. The maximum Gasteiger partial charge on any atom is 0.217 e. The molecule has 1 amide bonds. The highest BCUT2D eigenvalue weighted by molar-refractivity contribution is 5.73. The zero-order valence-electron chi connectivity index (χ0n) is 24.5. The summed E-state index contributed by atoms with van der Waals surface area (Å²) < 4.78 is 34.7. The van der Waals surface area contributed by atoms with Crippen LogP contribution in [0.4, 0.5) is 0 Å². The van der Waals surface area contributed by atoms with Crippen LogP contribution in [0.5, 0.6) is 0 Å². The summed E-state index contributed by atoms with van der Waals surface area (Å²) in [5, 5.41) is 85.7. The highest BCUT2D eigenvalue weighted by atomic mass is 16.8. The number of carbonyl (C=O) groups is 1. The lowest BCUT2D eigenvalue weighted by atomic mass is 9.84. The summed E-state index contributed by atoms with van der Waals surface area (Å²) in [7, 11) is 0. The van der Waals surface area contributed by atoms with Gasteiger partial charge in [-0.2, -0.15) is 0 Å². The zero-order chi connectivity index (χ0) is 33.3. The summed E-state index contributed by atoms with van der Waals surface area (Å²) in [5.74, 6) is -0.611. The second kappa shape index (κ2) is 15.3. The van der Waals surface area contributed by atoms with E-state index < -0.39 is 135 Å². The molecule has 20 heteroatoms. The minimum Gasteiger partial charge on any atom is -0.394 e. The molecule has 0 radical (unpaired) electrons. The minimum absolute atomic E-state index is 0.0575. The molecule has 45 heavy (non-hydrogen) atoms. The molecule has 1 saturated carbocycles. The first-order valence-corrected chi connectivity index (χ1v) is 14.7. The Hall–Kier alpha value is -1.25. The van der Waals surface area contributed by atoms with Crippen LogP contribution in [0.3, 0.4) is 0 Å². The molecule has 1 aliphatic carbocycles. The first kappa shape index (κ1) is 36.6. The van der Waals surface area contributed by atoms with Crippen LogP contribution in [0.1, 0.15) is 13.3 Å². The van der Waals surface area contributed by atoms with Crippen LogP contribution in [0.25, 0.3) is 0 Å². The van der Waals surface area contributed by atoms with Gasteiger partial charge < -0.3 is 97.5 Å². The fourth-order valence-electron chi connectivity index (χ4n) is 6.06. The van der Waals surface area contributed by atoms with Crippen LogP contribution < -0.4 is 28.3 Å². The van der Waals surface area contributed by atoms with Crippen molar-refractivity contribution in [2.45, 2.75) is 130 Å². The van der Waals surface area contributed by atoms with E-state index in [1.807, 2.05) is 0 Å². The Balaban J connectivity index is 1.52. The molecule has 0 bridgehead atoms. The maximum atomic E-state index is 11.8. The van der Waals surface area contributed by atoms with E-state index in [1.54, 1.807) is 0 Å². The number of nitrogens with one attached hydrogen (secondary N) is 1. The molecule has 3 saturated heterocycles. The molecule has 4 aliphatic rings. The van der Waals surface area contributed by atoms with Crippen molar-refractivity contribution in [3.05, 3.63) is 0 Å². The number of ether oxygens (including phenoxy) is 6. The molecule has 3 heterocycles. The molecule has 262 valence electrons. The molecular formula is C25H47N5O15. The van der Waals surface area contributed by atoms with Gasteiger partial charge in [0.15, 0.2) is 18.9 Å². The van der Waals surface area contributed by atoms with Gasteiger partial charge in [0.1, 0.15) is 73.2 Å². The number of hydrogen-bond acceptors (Lipinski definition) is 19. The average molecular weight is 658 g/mol. The summed E-state index contributed by atoms with van der Waals surface area (Å²) in [6.45, 7) is -0.466. The molecule has 4 rings (SSSR count). The Morgan fingerprint density at radius 2 is 1.24 bits per heavy atom. The van der Waals surface area contributed by atoms with Crippen molar-refractivity contribution in [1.29, 1.82) is 0 Å². The lowest BCUT2D eigenvalue weighted by Crippen LogP contribution is -2.68. The summed E-state index contributed by atoms with van der Waals surface area (Å²) >= 11 is 0. The van der Waals surface area contributed by atoms with E-state index in [2.05, 4.69) is 5.32 Å². The van der Waals surface area contributed by atoms with Gasteiger partial charge in [0.05, 0.1) is 25.4 Å². The Labute approximate surface area is 258 Å². The van der Waals surface area contributed by atoms with Gasteiger partial charge in [0.2, 0.25) is 5.91 Å². The van der Waals surface area contributed by atoms with E-state index in [0.717, 1.165) is 6.92 Å². The van der Waals surface area contributed by atoms with E-state index >= 15 is 0 Å². The van der Waals surface area contributed by atoms with Gasteiger partial charge >= 0.3 is 0 Å². The molecule has 0 aromatic carbocycles. The van der Waals surface area contributed by atoms with Crippen molar-refractivity contribution in [3.8, 4) is 0 Å². The summed E-state index contributed by atoms with van der Waals surface area (Å²) in [4.78, 5) is 11.8. The Morgan fingerprint density at radius 3 is 1.84 bits per heavy atom. The molecular weight excluding hydrogens is 610 g/mol. The third-order valence-corrected chi connectivity index (χ3v) is 8.64. The molecule has 0 spiro atoms. The Bertz CT molecular complexity index is 974. The van der Waals surface area contributed by atoms with Gasteiger partial charge in [-0.15, -0.1) is 0 Å². The summed E-state index contributed by atoms with van der Waals surface area (Å²) in [5.41, 5.74) is 24.1. The predicted molar refractivity (Wildman–Crippen MR) is 146 cm³/mol. The SMILES string of the molecule is CC(=O)N[C@H]1[C@@H](O[C@H]2[C@@H](O)[C@H](O[C@@H]3[C@@H](O)[C@H](N)C[C@H](N)[C@H]3O[C@H]3O[C@H](CN)[C@@H](O)[C@H](O)[C@H]3N)O[C@@H]2CO)O[C@H](CO)[C@@H](O)[C@@H]1O. The monoisotopic (exact) mass is 657 g/mol. The van der Waals surface area contributed by atoms with E-state index in [1.165, 1.54) is 0 Å². The van der Waals surface area contributed by atoms with Gasteiger partial charge in [-0.3, -0.25) is 4.79 Å². The largest absolute Gasteiger partial charge is 0.394 e. The second-order valence-electron chi connectivity index (χ2n) is 11.8. The van der Waals surface area contributed by atoms with Gasteiger partial charge in [0, 0.05) is 25.6 Å². The van der Waals surface area contributed by atoms with Crippen LogP contribution in [-0.2, 0) is 33.2 Å². The van der Waals surface area contributed by atoms with Crippen molar-refractivity contribution in [2.24, 2.45) is 22.9 Å². The summed E-state index contributed by atoms with van der Waals surface area (Å²) in [6.07, 6.45) is -21.3. The van der Waals surface area contributed by atoms with Crippen LogP contribution >= 0.6 is 0 Å². The van der Waals surface area contributed by atoms with Gasteiger partial charge in [-0.1, -0.05) is 0 Å². The lowest BCUT2D eigenvalue weighted by Gasteiger charge is -2.47. The Morgan fingerprint density at radius 1 is 0.689 bits per heavy atom. The fraction of sp³-hybridized carbons (Fsp3) is 0.960. The standard InChI is InChI=1S/C25H47N5O15/c1-6(33)30-13-18(38)16(36)10(4-31)41-24(13)44-21-11(5-32)42-25(19(21)39)45-22-14(34)7(27)2-8(28)20(22)43-23-12(29)17(37)15(35)9(3-26)40-23/h7-25,31-32,34-39H,2-5,26-29H2,1H3,(H,30,33)/t7-,8+,9-,10-,11-,12-,13-,14+,15-,16-,17-,18-,19-,20-,21-,22-,23-,24-,25+/m1/s1. The molecule has 0 aromatic rings. The third-order valence-electron chi connectivity index (χ3n) is 8.64.